The summed E-state index contributed by atoms with van der Waals surface area (Å²) in [5, 5.41) is 0.728. The molecule has 0 amide bonds. The van der Waals surface area contributed by atoms with Crippen molar-refractivity contribution in [2.24, 2.45) is 0 Å². The van der Waals surface area contributed by atoms with E-state index in [4.69, 9.17) is 4.74 Å². The molecule has 0 saturated heterocycles. The van der Waals surface area contributed by atoms with Gasteiger partial charge in [-0.05, 0) is 0 Å². The second-order valence-corrected chi connectivity index (χ2v) is 9.30. The van der Waals surface area contributed by atoms with Crippen LogP contribution in [0.2, 0.25) is 5.36 Å². The van der Waals surface area contributed by atoms with E-state index in [2.05, 4.69) is 6.92 Å². The van der Waals surface area contributed by atoms with Gasteiger partial charge >= 0.3 is 159 Å². The molecule has 2 rings (SSSR count). The topological polar surface area (TPSA) is 43.4 Å². The monoisotopic (exact) mass is 432 g/mol. The summed E-state index contributed by atoms with van der Waals surface area (Å²) in [5.41, 5.74) is 0. The van der Waals surface area contributed by atoms with Gasteiger partial charge in [0.25, 0.3) is 0 Å². The number of benzene rings is 2. The predicted molar refractivity (Wildman–Crippen MR) is 93.3 cm³/mol. The summed E-state index contributed by atoms with van der Waals surface area (Å²) in [6.07, 6.45) is 4.51. The number of hydrogen-bond donors (Lipinski definition) is 0. The zero-order valence-electron chi connectivity index (χ0n) is 14.8. The first-order chi connectivity index (χ1) is 12.2. The summed E-state index contributed by atoms with van der Waals surface area (Å²) < 4.78 is 33.1. The van der Waals surface area contributed by atoms with Crippen molar-refractivity contribution in [3.63, 3.8) is 0 Å². The number of para-hydroxylation sites is 1. The molecule has 0 aliphatic heterocycles. The van der Waals surface area contributed by atoms with Crippen LogP contribution >= 0.6 is 0 Å². The van der Waals surface area contributed by atoms with E-state index >= 15 is 0 Å². The molecular formula is C20H26Co2O3. The average Bonchev–Trinajstić information content (AvgIpc) is 2.65. The Kier molecular flexibility index (Phi) is 8.68. The number of ether oxygens (including phenoxy) is 1. The third-order valence-corrected chi connectivity index (χ3v) is 7.26. The van der Waals surface area contributed by atoms with Crippen molar-refractivity contribution in [3.05, 3.63) is 48.5 Å². The molecule has 0 heterocycles. The van der Waals surface area contributed by atoms with Crippen LogP contribution in [-0.4, -0.2) is 6.61 Å². The fourth-order valence-corrected chi connectivity index (χ4v) is 5.21. The summed E-state index contributed by atoms with van der Waals surface area (Å²) >= 11 is -3.03. The Balaban J connectivity index is 2.07. The van der Waals surface area contributed by atoms with Crippen molar-refractivity contribution in [1.29, 1.82) is 0 Å². The SMILES string of the molecule is CCCCC[CH2][Co](=[O])[c]1cc[c]([Co](=[O])[c]2ccccc2OCC)cc1. The van der Waals surface area contributed by atoms with Crippen LogP contribution in [0.25, 0.3) is 0 Å². The van der Waals surface area contributed by atoms with Crippen molar-refractivity contribution >= 4 is 13.5 Å². The summed E-state index contributed by atoms with van der Waals surface area (Å²) in [4.78, 5) is 0. The molecule has 142 valence electrons. The van der Waals surface area contributed by atoms with E-state index < -0.39 is 27.2 Å². The Bertz CT molecular complexity index is 711. The van der Waals surface area contributed by atoms with E-state index in [0.29, 0.717) is 16.9 Å². The molecule has 0 atom stereocenters. The van der Waals surface area contributed by atoms with Gasteiger partial charge in [0.2, 0.25) is 0 Å². The molecule has 0 bridgehead atoms. The third-order valence-electron chi connectivity index (χ3n) is 3.57. The van der Waals surface area contributed by atoms with Gasteiger partial charge in [-0.1, -0.05) is 0 Å². The maximum absolute atomic E-state index is 12.9. The fourth-order valence-electron chi connectivity index (χ4n) is 2.29. The van der Waals surface area contributed by atoms with Crippen molar-refractivity contribution in [3.8, 4) is 5.75 Å². The Morgan fingerprint density at radius 3 is 2.20 bits per heavy atom. The van der Waals surface area contributed by atoms with Gasteiger partial charge < -0.3 is 0 Å². The Morgan fingerprint density at radius 1 is 0.840 bits per heavy atom. The number of rotatable bonds is 10. The van der Waals surface area contributed by atoms with Gasteiger partial charge in [0.15, 0.2) is 0 Å². The van der Waals surface area contributed by atoms with E-state index in [1.165, 1.54) is 12.8 Å². The minimum absolute atomic E-state index is 0.539. The summed E-state index contributed by atoms with van der Waals surface area (Å²) in [6.45, 7) is 4.62. The van der Waals surface area contributed by atoms with E-state index in [1.807, 2.05) is 55.5 Å². The molecule has 0 saturated carbocycles. The van der Waals surface area contributed by atoms with Gasteiger partial charge in [-0.25, -0.2) is 0 Å². The molecule has 2 aromatic carbocycles. The zero-order chi connectivity index (χ0) is 18.1. The van der Waals surface area contributed by atoms with Crippen LogP contribution in [0.3, 0.4) is 0 Å². The first-order valence-corrected chi connectivity index (χ1v) is 11.7. The van der Waals surface area contributed by atoms with E-state index in [9.17, 15) is 7.73 Å². The van der Waals surface area contributed by atoms with Gasteiger partial charge in [-0.3, -0.25) is 0 Å². The molecule has 0 N–H and O–H groups in total. The van der Waals surface area contributed by atoms with Gasteiger partial charge in [0.1, 0.15) is 0 Å². The standard InChI is InChI=1S/C8H9O.C6H4.C6H13.2Co.2O/c1-2-9-8-6-4-3-5-7-8;1-2-4-6-5-3-1;1-3-5-6-4-2;;;;/h3-6H,2H2,1H3;1-2,5-6H;1,3-6H2,2H3;;;;. The quantitative estimate of drug-likeness (QED) is 0.539. The van der Waals surface area contributed by atoms with Crippen LogP contribution in [0.1, 0.15) is 39.5 Å². The molecule has 3 nitrogen and oxygen atoms in total. The molecule has 2 aromatic rings. The van der Waals surface area contributed by atoms with Crippen LogP contribution < -0.4 is 18.2 Å². The Morgan fingerprint density at radius 2 is 1.52 bits per heavy atom. The molecule has 0 fully saturated rings. The Hall–Kier alpha value is -1.15. The second kappa shape index (κ2) is 10.8. The second-order valence-electron chi connectivity index (χ2n) is 5.45. The molecule has 5 heteroatoms. The average molecular weight is 432 g/mol. The van der Waals surface area contributed by atoms with Crippen LogP contribution in [0, 0.1) is 0 Å². The van der Waals surface area contributed by atoms with Crippen LogP contribution in [-0.2, 0) is 34.9 Å². The molecule has 0 spiro atoms. The van der Waals surface area contributed by atoms with Crippen LogP contribution in [0.4, 0.5) is 0 Å². The predicted octanol–water partition coefficient (Wildman–Crippen LogP) is 3.59. The van der Waals surface area contributed by atoms with Crippen molar-refractivity contribution < 1.29 is 39.6 Å². The van der Waals surface area contributed by atoms with Crippen LogP contribution in [0.5, 0.6) is 5.75 Å². The Labute approximate surface area is 158 Å². The third kappa shape index (κ3) is 5.95. The van der Waals surface area contributed by atoms with Crippen molar-refractivity contribution in [2.45, 2.75) is 44.9 Å². The number of unbranched alkanes of at least 4 members (excludes halogenated alkanes) is 3. The first-order valence-electron chi connectivity index (χ1n) is 8.56. The molecule has 0 aliphatic carbocycles. The van der Waals surface area contributed by atoms with E-state index in [-0.39, 0.29) is 0 Å². The van der Waals surface area contributed by atoms with Gasteiger partial charge in [-0.15, -0.1) is 0 Å². The van der Waals surface area contributed by atoms with Gasteiger partial charge in [0, 0.05) is 0 Å². The summed E-state index contributed by atoms with van der Waals surface area (Å²) in [7, 11) is 0. The molecule has 0 radical (unpaired) electrons. The van der Waals surface area contributed by atoms with Gasteiger partial charge in [0.05, 0.1) is 0 Å². The molecule has 0 aliphatic rings. The van der Waals surface area contributed by atoms with Crippen molar-refractivity contribution in [2.75, 3.05) is 6.61 Å². The normalized spacial score (nSPS) is 11.9. The van der Waals surface area contributed by atoms with E-state index in [0.717, 1.165) is 27.2 Å². The summed E-state index contributed by atoms with van der Waals surface area (Å²) in [6, 6.07) is 14.8. The zero-order valence-corrected chi connectivity index (χ0v) is 16.8. The van der Waals surface area contributed by atoms with E-state index in [1.54, 1.807) is 0 Å². The van der Waals surface area contributed by atoms with Gasteiger partial charge in [-0.2, -0.15) is 0 Å². The minimum atomic E-state index is -1.70. The molecule has 0 unspecified atom stereocenters. The molecular weight excluding hydrogens is 406 g/mol. The molecule has 0 aromatic heterocycles. The van der Waals surface area contributed by atoms with Crippen molar-refractivity contribution in [1.82, 2.24) is 0 Å². The van der Waals surface area contributed by atoms with Crippen LogP contribution in [0.15, 0.2) is 48.5 Å². The maximum atomic E-state index is 12.9. The number of hydrogen-bond acceptors (Lipinski definition) is 3. The first kappa shape index (κ1) is 20.2. The fraction of sp³-hybridized carbons (Fsp3) is 0.400. The summed E-state index contributed by atoms with van der Waals surface area (Å²) in [5.74, 6) is 0.663. The molecule has 25 heavy (non-hydrogen) atoms.